The molecule has 2 rings (SSSR count). The number of carbonyl (C=O) groups is 12. The monoisotopic (exact) mass is 1070 g/mol. The Balaban J connectivity index is 2.46. The SMILES string of the molecule is NCCCC[C@H](NC(=O)[C@H](CCCC[C@H](NC(=O)[C@H](CC(=O)O)NC(=O)[C@H](CO)NC(=O)c1ccccn1)C(=O)N[C@@H](CCCCN)C(=O)O)NC(=O)[C@H](CC(=O)O)NC(=O)[C@H](CO)NC(=O)c1ccccn1)C(=O)O. The van der Waals surface area contributed by atoms with Gasteiger partial charge in [-0.15, -0.1) is 0 Å². The van der Waals surface area contributed by atoms with E-state index in [1.165, 1.54) is 48.8 Å². The number of pyridine rings is 2. The molecule has 0 saturated heterocycles. The molecule has 2 aromatic rings. The fourth-order valence-electron chi connectivity index (χ4n) is 6.98. The highest BCUT2D eigenvalue weighted by Crippen LogP contribution is 2.12. The Hall–Kier alpha value is -8.22. The molecule has 0 aliphatic carbocycles. The summed E-state index contributed by atoms with van der Waals surface area (Å²) in [6.45, 7) is -1.69. The van der Waals surface area contributed by atoms with E-state index in [-0.39, 0.29) is 63.0 Å². The van der Waals surface area contributed by atoms with Crippen LogP contribution in [0.2, 0.25) is 0 Å². The Bertz CT molecular complexity index is 2140. The Kier molecular flexibility index (Phi) is 28.8. The van der Waals surface area contributed by atoms with Gasteiger partial charge in [-0.1, -0.05) is 25.0 Å². The third kappa shape index (κ3) is 23.3. The summed E-state index contributed by atoms with van der Waals surface area (Å²) in [5.41, 5.74) is 10.7. The Labute approximate surface area is 434 Å². The molecule has 2 aromatic heterocycles. The van der Waals surface area contributed by atoms with Gasteiger partial charge < -0.3 is 84.6 Å². The number of carbonyl (C=O) groups excluding carboxylic acids is 8. The van der Waals surface area contributed by atoms with Crippen LogP contribution in [0, 0.1) is 0 Å². The van der Waals surface area contributed by atoms with Crippen molar-refractivity contribution < 1.29 is 88.2 Å². The Morgan fingerprint density at radius 3 is 0.974 bits per heavy atom. The van der Waals surface area contributed by atoms with E-state index < -0.39 is 158 Å². The van der Waals surface area contributed by atoms with Crippen molar-refractivity contribution in [2.24, 2.45) is 11.5 Å². The molecule has 8 amide bonds. The summed E-state index contributed by atoms with van der Waals surface area (Å²) in [7, 11) is 0. The van der Waals surface area contributed by atoms with Gasteiger partial charge >= 0.3 is 23.9 Å². The number of nitrogens with zero attached hydrogens (tertiary/aromatic N) is 2. The van der Waals surface area contributed by atoms with E-state index in [0.29, 0.717) is 12.8 Å². The van der Waals surface area contributed by atoms with E-state index in [1.54, 1.807) is 0 Å². The first-order valence-electron chi connectivity index (χ1n) is 23.9. The van der Waals surface area contributed by atoms with Crippen LogP contribution in [0.1, 0.15) is 98.0 Å². The van der Waals surface area contributed by atoms with Crippen molar-refractivity contribution in [2.45, 2.75) is 125 Å². The lowest BCUT2D eigenvalue weighted by molar-refractivity contribution is -0.143. The molecule has 418 valence electrons. The van der Waals surface area contributed by atoms with Crippen LogP contribution in [0.5, 0.6) is 0 Å². The molecule has 0 radical (unpaired) electrons. The number of rotatable bonds is 37. The highest BCUT2D eigenvalue weighted by atomic mass is 16.4. The van der Waals surface area contributed by atoms with Crippen LogP contribution >= 0.6 is 0 Å². The average Bonchev–Trinajstić information content (AvgIpc) is 3.38. The molecule has 18 N–H and O–H groups in total. The van der Waals surface area contributed by atoms with Crippen molar-refractivity contribution in [3.63, 3.8) is 0 Å². The third-order valence-electron chi connectivity index (χ3n) is 11.1. The van der Waals surface area contributed by atoms with E-state index in [4.69, 9.17) is 11.5 Å². The zero-order chi connectivity index (χ0) is 56.7. The topological polar surface area (TPSA) is 500 Å². The van der Waals surface area contributed by atoms with Gasteiger partial charge in [-0.05, 0) is 88.7 Å². The summed E-state index contributed by atoms with van der Waals surface area (Å²) in [4.78, 5) is 163. The number of amides is 8. The van der Waals surface area contributed by atoms with Crippen LogP contribution in [0.25, 0.3) is 0 Å². The molecule has 8 atom stereocenters. The summed E-state index contributed by atoms with van der Waals surface area (Å²) in [6.07, 6.45) is 0.0591. The fraction of sp³-hybridized carbons (Fsp3) is 0.522. The lowest BCUT2D eigenvalue weighted by Gasteiger charge is -2.26. The molecule has 0 aromatic carbocycles. The van der Waals surface area contributed by atoms with Crippen LogP contribution in [-0.4, -0.2) is 186 Å². The van der Waals surface area contributed by atoms with Gasteiger partial charge in [-0.2, -0.15) is 0 Å². The number of hydrogen-bond donors (Lipinski definition) is 16. The Morgan fingerprint density at radius 1 is 0.395 bits per heavy atom. The fourth-order valence-corrected chi connectivity index (χ4v) is 6.98. The molecular weight excluding hydrogens is 1010 g/mol. The van der Waals surface area contributed by atoms with Gasteiger partial charge in [0.05, 0.1) is 26.1 Å². The number of carboxylic acid groups (broad SMARTS) is 4. The molecule has 0 bridgehead atoms. The molecule has 30 heteroatoms. The van der Waals surface area contributed by atoms with Gasteiger partial charge in [-0.3, -0.25) is 57.9 Å². The maximum absolute atomic E-state index is 13.8. The summed E-state index contributed by atoms with van der Waals surface area (Å²) in [6, 6.07) is -5.46. The number of aliphatic hydroxyl groups excluding tert-OH is 2. The van der Waals surface area contributed by atoms with Crippen molar-refractivity contribution >= 4 is 71.1 Å². The minimum atomic E-state index is -1.99. The molecule has 2 heterocycles. The van der Waals surface area contributed by atoms with Gasteiger partial charge in [-0.25, -0.2) is 9.59 Å². The molecule has 30 nitrogen and oxygen atoms in total. The van der Waals surface area contributed by atoms with Crippen molar-refractivity contribution in [1.82, 2.24) is 52.5 Å². The van der Waals surface area contributed by atoms with Gasteiger partial charge in [0, 0.05) is 12.4 Å². The van der Waals surface area contributed by atoms with Crippen molar-refractivity contribution in [3.8, 4) is 0 Å². The van der Waals surface area contributed by atoms with Gasteiger partial charge in [0.25, 0.3) is 11.8 Å². The summed E-state index contributed by atoms with van der Waals surface area (Å²) in [5.74, 6) is -15.3. The van der Waals surface area contributed by atoms with Crippen molar-refractivity contribution in [1.29, 1.82) is 0 Å². The maximum atomic E-state index is 13.8. The molecular formula is C46H66N12O18. The maximum Gasteiger partial charge on any atom is 0.326 e. The van der Waals surface area contributed by atoms with Crippen molar-refractivity contribution in [2.75, 3.05) is 26.3 Å². The molecule has 0 unspecified atom stereocenters. The van der Waals surface area contributed by atoms with Crippen LogP contribution < -0.4 is 54.0 Å². The molecule has 0 aliphatic rings. The van der Waals surface area contributed by atoms with Crippen molar-refractivity contribution in [3.05, 3.63) is 60.2 Å². The highest BCUT2D eigenvalue weighted by Gasteiger charge is 2.35. The van der Waals surface area contributed by atoms with Crippen LogP contribution in [0.3, 0.4) is 0 Å². The van der Waals surface area contributed by atoms with Crippen LogP contribution in [0.15, 0.2) is 48.8 Å². The first-order chi connectivity index (χ1) is 36.1. The number of nitrogens with one attached hydrogen (secondary N) is 8. The van der Waals surface area contributed by atoms with Crippen LogP contribution in [-0.2, 0) is 47.9 Å². The number of aliphatic hydroxyl groups is 2. The smallest absolute Gasteiger partial charge is 0.326 e. The first-order valence-corrected chi connectivity index (χ1v) is 23.9. The van der Waals surface area contributed by atoms with E-state index in [9.17, 15) is 88.2 Å². The van der Waals surface area contributed by atoms with E-state index in [2.05, 4.69) is 52.5 Å². The second kappa shape index (κ2) is 34.3. The molecule has 0 saturated carbocycles. The van der Waals surface area contributed by atoms with E-state index in [1.807, 2.05) is 0 Å². The number of carboxylic acids is 4. The van der Waals surface area contributed by atoms with E-state index in [0.717, 1.165) is 0 Å². The van der Waals surface area contributed by atoms with E-state index >= 15 is 0 Å². The minimum Gasteiger partial charge on any atom is -0.481 e. The zero-order valence-electron chi connectivity index (χ0n) is 41.2. The number of aromatic nitrogens is 2. The molecule has 0 fully saturated rings. The summed E-state index contributed by atoms with van der Waals surface area (Å²) in [5, 5.41) is 76.7. The quantitative estimate of drug-likeness (QED) is 0.0282. The van der Waals surface area contributed by atoms with Crippen LogP contribution in [0.4, 0.5) is 0 Å². The number of nitrogens with two attached hydrogens (primary N) is 2. The standard InChI is InChI=1S/C46H66N12O18/c47-17-7-3-15-29(45(73)74)53-39(67)27(51-41(69)31(21-35(61)62)55-43(71)33(23-59)57-37(65)25-11-5-9-19-49-25)13-1-2-14-28(40(68)54-30(46(75)76)16-4-8-18-48)52-42(70)32(22-36(63)64)56-44(72)34(24-60)58-38(66)26-12-6-10-20-50-26/h5-6,9-12,19-20,27-34,59-60H,1-4,7-8,13-18,21-24,47-48H2,(H,51,69)(H,52,70)(H,53,67)(H,54,68)(H,55,71)(H,56,72)(H,57,65)(H,58,66)(H,61,62)(H,63,64)(H,73,74)(H,75,76)/t27-,28-,29-,30-,31-,32-,33-,34-/m0/s1. The normalized spacial score (nSPS) is 14.0. The van der Waals surface area contributed by atoms with Gasteiger partial charge in [0.15, 0.2) is 0 Å². The highest BCUT2D eigenvalue weighted by molar-refractivity contribution is 6.00. The summed E-state index contributed by atoms with van der Waals surface area (Å²) < 4.78 is 0. The minimum absolute atomic E-state index is 0.118. The number of aliphatic carboxylic acids is 4. The summed E-state index contributed by atoms with van der Waals surface area (Å²) >= 11 is 0. The predicted octanol–water partition coefficient (Wildman–Crippen LogP) is -4.80. The molecule has 0 aliphatic heterocycles. The predicted molar refractivity (Wildman–Crippen MR) is 261 cm³/mol. The largest absolute Gasteiger partial charge is 0.481 e. The average molecular weight is 1080 g/mol. The van der Waals surface area contributed by atoms with Gasteiger partial charge in [0.1, 0.15) is 59.7 Å². The lowest BCUT2D eigenvalue weighted by atomic mass is 10.0. The number of unbranched alkanes of at least 4 members (excludes halogenated alkanes) is 3. The number of hydrogen-bond acceptors (Lipinski definition) is 18. The molecule has 76 heavy (non-hydrogen) atoms. The van der Waals surface area contributed by atoms with Gasteiger partial charge in [0.2, 0.25) is 35.4 Å². The lowest BCUT2D eigenvalue weighted by Crippen LogP contribution is -2.58. The zero-order valence-corrected chi connectivity index (χ0v) is 41.2. The molecule has 0 spiro atoms. The second-order valence-corrected chi connectivity index (χ2v) is 16.9. The Morgan fingerprint density at radius 2 is 0.684 bits per heavy atom. The first kappa shape index (κ1) is 63.9. The third-order valence-corrected chi connectivity index (χ3v) is 11.1. The second-order valence-electron chi connectivity index (χ2n) is 16.9.